The molecule has 2 N–H and O–H groups in total. The molecule has 1 aliphatic heterocycles. The number of hydrogen-bond donors (Lipinski definition) is 2. The van der Waals surface area contributed by atoms with Crippen LogP contribution in [0.1, 0.15) is 11.1 Å². The number of halogens is 1. The smallest absolute Gasteiger partial charge is 0.276 e. The van der Waals surface area contributed by atoms with Crippen molar-refractivity contribution >= 4 is 23.4 Å². The highest BCUT2D eigenvalue weighted by Crippen LogP contribution is 2.29. The number of carbonyl (C=O) groups excluding carboxylic acids is 2. The lowest BCUT2D eigenvalue weighted by Crippen LogP contribution is -2.48. The predicted molar refractivity (Wildman–Crippen MR) is 97.1 cm³/mol. The van der Waals surface area contributed by atoms with Crippen molar-refractivity contribution in [2.75, 3.05) is 13.2 Å². The van der Waals surface area contributed by atoms with Gasteiger partial charge in [0, 0.05) is 5.02 Å². The van der Waals surface area contributed by atoms with Crippen molar-refractivity contribution in [3.05, 3.63) is 58.6 Å². The van der Waals surface area contributed by atoms with Crippen LogP contribution in [0.2, 0.25) is 5.02 Å². The summed E-state index contributed by atoms with van der Waals surface area (Å²) >= 11 is 5.98. The standard InChI is InChI=1S/C19H19ClN2O4/c1-12-4-2-3-5-16(12)26-11-18(23)21-22-19(24)14-8-13-9-15(20)6-7-17(13)25-10-14/h2-7,9,14H,8,10-11H2,1H3,(H,21,23)(H,22,24)/t14-/m0/s1. The molecule has 3 rings (SSSR count). The fourth-order valence-corrected chi connectivity index (χ4v) is 2.86. The summed E-state index contributed by atoms with van der Waals surface area (Å²) < 4.78 is 11.0. The molecule has 0 saturated heterocycles. The van der Waals surface area contributed by atoms with Crippen LogP contribution >= 0.6 is 11.6 Å². The summed E-state index contributed by atoms with van der Waals surface area (Å²) in [7, 11) is 0. The van der Waals surface area contributed by atoms with E-state index in [-0.39, 0.29) is 19.1 Å². The second-order valence-electron chi connectivity index (χ2n) is 6.06. The molecule has 2 aromatic rings. The minimum absolute atomic E-state index is 0.190. The van der Waals surface area contributed by atoms with Crippen molar-refractivity contribution in [3.63, 3.8) is 0 Å². The number of carbonyl (C=O) groups is 2. The Morgan fingerprint density at radius 3 is 2.85 bits per heavy atom. The third kappa shape index (κ3) is 4.46. The number of ether oxygens (including phenoxy) is 2. The van der Waals surface area contributed by atoms with Gasteiger partial charge in [-0.1, -0.05) is 29.8 Å². The van der Waals surface area contributed by atoms with E-state index < -0.39 is 11.8 Å². The van der Waals surface area contributed by atoms with Gasteiger partial charge in [0.1, 0.15) is 18.1 Å². The number of fused-ring (bicyclic) bond motifs is 1. The number of benzene rings is 2. The number of para-hydroxylation sites is 1. The molecule has 6 nitrogen and oxygen atoms in total. The normalized spacial score (nSPS) is 15.4. The van der Waals surface area contributed by atoms with Crippen molar-refractivity contribution in [1.29, 1.82) is 0 Å². The highest BCUT2D eigenvalue weighted by molar-refractivity contribution is 6.30. The van der Waals surface area contributed by atoms with Gasteiger partial charge in [0.25, 0.3) is 5.91 Å². The Morgan fingerprint density at radius 1 is 1.23 bits per heavy atom. The lowest BCUT2D eigenvalue weighted by atomic mass is 9.96. The fraction of sp³-hybridized carbons (Fsp3) is 0.263. The second-order valence-corrected chi connectivity index (χ2v) is 6.49. The molecule has 136 valence electrons. The molecule has 0 aliphatic carbocycles. The number of rotatable bonds is 4. The lowest BCUT2D eigenvalue weighted by molar-refractivity contribution is -0.132. The molecule has 2 amide bonds. The molecular weight excluding hydrogens is 356 g/mol. The first-order chi connectivity index (χ1) is 12.5. The highest BCUT2D eigenvalue weighted by atomic mass is 35.5. The summed E-state index contributed by atoms with van der Waals surface area (Å²) in [4.78, 5) is 24.1. The minimum atomic E-state index is -0.443. The van der Waals surface area contributed by atoms with E-state index >= 15 is 0 Å². The quantitative estimate of drug-likeness (QED) is 0.806. The molecule has 1 atom stereocenters. The average molecular weight is 375 g/mol. The molecule has 0 radical (unpaired) electrons. The Kier molecular flexibility index (Phi) is 5.63. The van der Waals surface area contributed by atoms with Crippen LogP contribution in [0.4, 0.5) is 0 Å². The van der Waals surface area contributed by atoms with Gasteiger partial charge in [0.2, 0.25) is 5.91 Å². The van der Waals surface area contributed by atoms with Gasteiger partial charge in [0.05, 0.1) is 5.92 Å². The highest BCUT2D eigenvalue weighted by Gasteiger charge is 2.26. The summed E-state index contributed by atoms with van der Waals surface area (Å²) in [5.74, 6) is 0.192. The Balaban J connectivity index is 1.47. The van der Waals surface area contributed by atoms with E-state index in [1.165, 1.54) is 0 Å². The zero-order chi connectivity index (χ0) is 18.5. The van der Waals surface area contributed by atoms with Gasteiger partial charge in [-0.2, -0.15) is 0 Å². The molecular formula is C19H19ClN2O4. The van der Waals surface area contributed by atoms with E-state index in [9.17, 15) is 9.59 Å². The molecule has 7 heteroatoms. The molecule has 2 aromatic carbocycles. The first kappa shape index (κ1) is 18.1. The Bertz CT molecular complexity index is 825. The molecule has 26 heavy (non-hydrogen) atoms. The van der Waals surface area contributed by atoms with Gasteiger partial charge in [-0.15, -0.1) is 0 Å². The number of hydrogen-bond acceptors (Lipinski definition) is 4. The summed E-state index contributed by atoms with van der Waals surface area (Å²) in [6.07, 6.45) is 0.497. The van der Waals surface area contributed by atoms with Crippen LogP contribution in [0.25, 0.3) is 0 Å². The van der Waals surface area contributed by atoms with Crippen LogP contribution < -0.4 is 20.3 Å². The predicted octanol–water partition coefficient (Wildman–Crippen LogP) is 2.43. The van der Waals surface area contributed by atoms with Crippen LogP contribution in [0.5, 0.6) is 11.5 Å². The van der Waals surface area contributed by atoms with E-state index in [0.29, 0.717) is 17.2 Å². The zero-order valence-electron chi connectivity index (χ0n) is 14.3. The van der Waals surface area contributed by atoms with Gasteiger partial charge >= 0.3 is 0 Å². The molecule has 0 unspecified atom stereocenters. The third-order valence-corrected chi connectivity index (χ3v) is 4.31. The molecule has 1 heterocycles. The number of aryl methyl sites for hydroxylation is 1. The first-order valence-electron chi connectivity index (χ1n) is 8.21. The maximum absolute atomic E-state index is 12.2. The van der Waals surface area contributed by atoms with Crippen LogP contribution in [-0.4, -0.2) is 25.0 Å². The largest absolute Gasteiger partial charge is 0.492 e. The van der Waals surface area contributed by atoms with E-state index in [1.54, 1.807) is 24.3 Å². The second kappa shape index (κ2) is 8.10. The van der Waals surface area contributed by atoms with Gasteiger partial charge in [-0.05, 0) is 48.7 Å². The zero-order valence-corrected chi connectivity index (χ0v) is 15.0. The first-order valence-corrected chi connectivity index (χ1v) is 8.59. The topological polar surface area (TPSA) is 76.7 Å². The average Bonchev–Trinajstić information content (AvgIpc) is 2.64. The maximum Gasteiger partial charge on any atom is 0.276 e. The SMILES string of the molecule is Cc1ccccc1OCC(=O)NNC(=O)[C@@H]1COc2ccc(Cl)cc2C1. The summed E-state index contributed by atoms with van der Waals surface area (Å²) in [6.45, 7) is 1.95. The molecule has 0 aromatic heterocycles. The minimum Gasteiger partial charge on any atom is -0.492 e. The fourth-order valence-electron chi connectivity index (χ4n) is 2.66. The van der Waals surface area contributed by atoms with Gasteiger partial charge in [-0.3, -0.25) is 20.4 Å². The van der Waals surface area contributed by atoms with E-state index in [2.05, 4.69) is 10.9 Å². The Hall–Kier alpha value is -2.73. The maximum atomic E-state index is 12.2. The lowest BCUT2D eigenvalue weighted by Gasteiger charge is -2.24. The van der Waals surface area contributed by atoms with Crippen molar-refractivity contribution < 1.29 is 19.1 Å². The van der Waals surface area contributed by atoms with Crippen molar-refractivity contribution in [2.45, 2.75) is 13.3 Å². The van der Waals surface area contributed by atoms with Crippen LogP contribution in [-0.2, 0) is 16.0 Å². The summed E-state index contributed by atoms with van der Waals surface area (Å²) in [5.41, 5.74) is 6.58. The molecule has 0 bridgehead atoms. The summed E-state index contributed by atoms with van der Waals surface area (Å²) in [5, 5.41) is 0.593. The Labute approximate surface area is 156 Å². The van der Waals surface area contributed by atoms with Gasteiger partial charge in [-0.25, -0.2) is 0 Å². The van der Waals surface area contributed by atoms with Crippen LogP contribution in [0, 0.1) is 12.8 Å². The molecule has 0 spiro atoms. The van der Waals surface area contributed by atoms with Gasteiger partial charge in [0.15, 0.2) is 6.61 Å². The molecule has 0 fully saturated rings. The van der Waals surface area contributed by atoms with Crippen LogP contribution in [0.15, 0.2) is 42.5 Å². The van der Waals surface area contributed by atoms with Gasteiger partial charge < -0.3 is 9.47 Å². The van der Waals surface area contributed by atoms with E-state index in [0.717, 1.165) is 16.9 Å². The number of hydrazine groups is 1. The summed E-state index contributed by atoms with van der Waals surface area (Å²) in [6, 6.07) is 12.7. The van der Waals surface area contributed by atoms with Crippen LogP contribution in [0.3, 0.4) is 0 Å². The third-order valence-electron chi connectivity index (χ3n) is 4.08. The number of nitrogens with one attached hydrogen (secondary N) is 2. The number of amides is 2. The van der Waals surface area contributed by atoms with Crippen molar-refractivity contribution in [3.8, 4) is 11.5 Å². The molecule has 1 aliphatic rings. The monoisotopic (exact) mass is 374 g/mol. The molecule has 0 saturated carbocycles. The van der Waals surface area contributed by atoms with E-state index in [4.69, 9.17) is 21.1 Å². The van der Waals surface area contributed by atoms with Crippen molar-refractivity contribution in [1.82, 2.24) is 10.9 Å². The Morgan fingerprint density at radius 2 is 2.04 bits per heavy atom. The van der Waals surface area contributed by atoms with E-state index in [1.807, 2.05) is 25.1 Å². The van der Waals surface area contributed by atoms with Crippen molar-refractivity contribution in [2.24, 2.45) is 5.92 Å².